The van der Waals surface area contributed by atoms with Crippen LogP contribution in [0, 0.1) is 11.8 Å². The van der Waals surface area contributed by atoms with Gasteiger partial charge in [0.05, 0.1) is 11.3 Å². The summed E-state index contributed by atoms with van der Waals surface area (Å²) in [5.41, 5.74) is 2.09. The Morgan fingerprint density at radius 3 is 2.77 bits per heavy atom. The molecule has 1 amide bonds. The normalized spacial score (nSPS) is 28.7. The number of allylic oxidation sites excluding steroid dienone is 2. The minimum Gasteiger partial charge on any atom is -0.478 e. The molecule has 2 heterocycles. The molecule has 166 valence electrons. The number of carbonyl (C=O) groups excluding carboxylic acids is 1. The number of likely N-dealkylation sites (tertiary alicyclic amines) is 1. The molecule has 0 spiro atoms. The van der Waals surface area contributed by atoms with Crippen LogP contribution in [-0.4, -0.2) is 47.1 Å². The van der Waals surface area contributed by atoms with Crippen LogP contribution in [0.5, 0.6) is 0 Å². The van der Waals surface area contributed by atoms with Crippen molar-refractivity contribution in [1.82, 2.24) is 15.5 Å². The number of benzene rings is 1. The van der Waals surface area contributed by atoms with Crippen LogP contribution in [0.25, 0.3) is 0 Å². The average molecular weight is 428 g/mol. The van der Waals surface area contributed by atoms with E-state index in [9.17, 15) is 14.0 Å². The van der Waals surface area contributed by atoms with Crippen LogP contribution in [0.1, 0.15) is 49.0 Å². The largest absolute Gasteiger partial charge is 0.478 e. The maximum absolute atomic E-state index is 14.5. The number of carboxylic acids is 1. The number of aromatic carboxylic acids is 1. The van der Waals surface area contributed by atoms with Crippen LogP contribution in [-0.2, 0) is 11.2 Å². The molecule has 1 aromatic rings. The number of nitrogens with zero attached hydrogens (tertiary/aromatic N) is 1. The Labute approximate surface area is 182 Å². The number of likely N-dealkylation sites (N-methyl/N-ethyl adjacent to an activating group) is 1. The van der Waals surface area contributed by atoms with Crippen LogP contribution < -0.4 is 10.6 Å². The predicted molar refractivity (Wildman–Crippen MR) is 116 cm³/mol. The molecule has 2 saturated heterocycles. The SMILES string of the molecule is CCNC1=C2NC(=O)C(C)(N3CCC[C@@H](Cc4ccc(C(=O)O)cc4)C3)C2CC(F)=C1. The second kappa shape index (κ2) is 8.46. The van der Waals surface area contributed by atoms with Gasteiger partial charge in [0.1, 0.15) is 11.4 Å². The molecule has 3 aliphatic rings. The Morgan fingerprint density at radius 2 is 2.10 bits per heavy atom. The lowest BCUT2D eigenvalue weighted by atomic mass is 9.77. The van der Waals surface area contributed by atoms with Crippen molar-refractivity contribution in [2.24, 2.45) is 11.8 Å². The van der Waals surface area contributed by atoms with Gasteiger partial charge in [-0.3, -0.25) is 9.69 Å². The quantitative estimate of drug-likeness (QED) is 0.650. The monoisotopic (exact) mass is 427 g/mol. The molecule has 31 heavy (non-hydrogen) atoms. The van der Waals surface area contributed by atoms with Crippen molar-refractivity contribution in [2.75, 3.05) is 19.6 Å². The molecule has 2 fully saturated rings. The molecular formula is C24H30FN3O3. The van der Waals surface area contributed by atoms with E-state index in [1.807, 2.05) is 26.0 Å². The number of nitrogens with one attached hydrogen (secondary N) is 2. The summed E-state index contributed by atoms with van der Waals surface area (Å²) in [6.45, 7) is 6.14. The highest BCUT2D eigenvalue weighted by molar-refractivity contribution is 5.92. The van der Waals surface area contributed by atoms with Crippen molar-refractivity contribution >= 4 is 11.9 Å². The molecule has 2 aliphatic heterocycles. The van der Waals surface area contributed by atoms with Crippen molar-refractivity contribution in [3.63, 3.8) is 0 Å². The highest BCUT2D eigenvalue weighted by Crippen LogP contribution is 2.44. The van der Waals surface area contributed by atoms with E-state index in [2.05, 4.69) is 15.5 Å². The van der Waals surface area contributed by atoms with Crippen LogP contribution in [0.4, 0.5) is 4.39 Å². The molecule has 3 atom stereocenters. The smallest absolute Gasteiger partial charge is 0.335 e. The number of fused-ring (bicyclic) bond motifs is 1. The molecule has 0 saturated carbocycles. The first-order chi connectivity index (χ1) is 14.8. The first-order valence-electron chi connectivity index (χ1n) is 11.1. The third-order valence-electron chi connectivity index (χ3n) is 6.99. The van der Waals surface area contributed by atoms with E-state index in [4.69, 9.17) is 5.11 Å². The van der Waals surface area contributed by atoms with Crippen LogP contribution in [0.3, 0.4) is 0 Å². The topological polar surface area (TPSA) is 81.7 Å². The molecule has 6 nitrogen and oxygen atoms in total. The summed E-state index contributed by atoms with van der Waals surface area (Å²) in [6.07, 6.45) is 4.60. The van der Waals surface area contributed by atoms with Gasteiger partial charge < -0.3 is 15.7 Å². The summed E-state index contributed by atoms with van der Waals surface area (Å²) < 4.78 is 14.5. The van der Waals surface area contributed by atoms with Gasteiger partial charge in [-0.1, -0.05) is 12.1 Å². The third kappa shape index (κ3) is 3.99. The fraction of sp³-hybridized carbons (Fsp3) is 0.500. The zero-order valence-electron chi connectivity index (χ0n) is 18.1. The van der Waals surface area contributed by atoms with E-state index in [0.717, 1.165) is 43.6 Å². The lowest BCUT2D eigenvalue weighted by molar-refractivity contribution is -0.132. The van der Waals surface area contributed by atoms with Crippen molar-refractivity contribution in [2.45, 2.75) is 45.1 Å². The summed E-state index contributed by atoms with van der Waals surface area (Å²) in [5.74, 6) is -1.05. The number of carboxylic acid groups (broad SMARTS) is 1. The zero-order chi connectivity index (χ0) is 22.2. The highest BCUT2D eigenvalue weighted by Gasteiger charge is 2.55. The summed E-state index contributed by atoms with van der Waals surface area (Å²) >= 11 is 0. The van der Waals surface area contributed by atoms with E-state index >= 15 is 0 Å². The molecule has 7 heteroatoms. The Balaban J connectivity index is 1.52. The fourth-order valence-electron chi connectivity index (χ4n) is 5.29. The average Bonchev–Trinajstić information content (AvgIpc) is 3.00. The first kappa shape index (κ1) is 21.6. The van der Waals surface area contributed by atoms with Crippen LogP contribution in [0.15, 0.2) is 47.6 Å². The predicted octanol–water partition coefficient (Wildman–Crippen LogP) is 3.22. The Bertz CT molecular complexity index is 940. The molecule has 0 bridgehead atoms. The van der Waals surface area contributed by atoms with Crippen molar-refractivity contribution in [3.05, 3.63) is 58.7 Å². The van der Waals surface area contributed by atoms with Gasteiger partial charge in [0.15, 0.2) is 0 Å². The summed E-state index contributed by atoms with van der Waals surface area (Å²) in [4.78, 5) is 26.5. The van der Waals surface area contributed by atoms with E-state index in [0.29, 0.717) is 18.2 Å². The second-order valence-corrected chi connectivity index (χ2v) is 8.97. The summed E-state index contributed by atoms with van der Waals surface area (Å²) in [7, 11) is 0. The van der Waals surface area contributed by atoms with E-state index in [-0.39, 0.29) is 29.6 Å². The second-order valence-electron chi connectivity index (χ2n) is 8.97. The maximum Gasteiger partial charge on any atom is 0.335 e. The van der Waals surface area contributed by atoms with E-state index < -0.39 is 11.5 Å². The molecule has 2 unspecified atom stereocenters. The molecule has 4 rings (SSSR count). The molecule has 0 radical (unpaired) electrons. The van der Waals surface area contributed by atoms with Gasteiger partial charge >= 0.3 is 5.97 Å². The Morgan fingerprint density at radius 1 is 1.35 bits per heavy atom. The van der Waals surface area contributed by atoms with Crippen molar-refractivity contribution in [1.29, 1.82) is 0 Å². The number of halogens is 1. The number of amides is 1. The minimum atomic E-state index is -0.926. The van der Waals surface area contributed by atoms with Gasteiger partial charge in [0.2, 0.25) is 5.91 Å². The van der Waals surface area contributed by atoms with Crippen molar-refractivity contribution < 1.29 is 19.1 Å². The lowest BCUT2D eigenvalue weighted by Crippen LogP contribution is -2.58. The number of hydrogen-bond acceptors (Lipinski definition) is 4. The van der Waals surface area contributed by atoms with Gasteiger partial charge in [-0.25, -0.2) is 9.18 Å². The number of rotatable bonds is 6. The third-order valence-corrected chi connectivity index (χ3v) is 6.99. The van der Waals surface area contributed by atoms with Gasteiger partial charge in [-0.05, 0) is 69.3 Å². The van der Waals surface area contributed by atoms with E-state index in [1.165, 1.54) is 6.08 Å². The number of piperidine rings is 1. The standard InChI is InChI=1S/C24H30FN3O3/c1-3-26-20-13-18(25)12-19-21(20)27-23(31)24(19,2)28-10-4-5-16(14-28)11-15-6-8-17(9-7-15)22(29)30/h6-9,13,16,19,26H,3-5,10-12,14H2,1-2H3,(H,27,31)(H,29,30)/t16-,19?,24?/m0/s1. The zero-order valence-corrected chi connectivity index (χ0v) is 18.1. The van der Waals surface area contributed by atoms with Gasteiger partial charge in [0.25, 0.3) is 0 Å². The fourth-order valence-corrected chi connectivity index (χ4v) is 5.29. The molecular weight excluding hydrogens is 397 g/mol. The molecule has 1 aromatic carbocycles. The van der Waals surface area contributed by atoms with E-state index in [1.54, 1.807) is 12.1 Å². The van der Waals surface area contributed by atoms with Crippen LogP contribution in [0.2, 0.25) is 0 Å². The molecule has 0 aromatic heterocycles. The first-order valence-corrected chi connectivity index (χ1v) is 11.1. The Kier molecular flexibility index (Phi) is 5.88. The number of hydrogen-bond donors (Lipinski definition) is 3. The lowest BCUT2D eigenvalue weighted by Gasteiger charge is -2.45. The van der Waals surface area contributed by atoms with Gasteiger partial charge in [-0.15, -0.1) is 0 Å². The maximum atomic E-state index is 14.5. The minimum absolute atomic E-state index is 0.0579. The summed E-state index contributed by atoms with van der Waals surface area (Å²) in [5, 5.41) is 15.3. The Hall–Kier alpha value is -2.67. The summed E-state index contributed by atoms with van der Waals surface area (Å²) in [6, 6.07) is 7.02. The highest BCUT2D eigenvalue weighted by atomic mass is 19.1. The van der Waals surface area contributed by atoms with Crippen LogP contribution >= 0.6 is 0 Å². The molecule has 3 N–H and O–H groups in total. The number of carbonyl (C=O) groups is 2. The van der Waals surface area contributed by atoms with Crippen molar-refractivity contribution in [3.8, 4) is 0 Å². The van der Waals surface area contributed by atoms with Gasteiger partial charge in [-0.2, -0.15) is 0 Å². The van der Waals surface area contributed by atoms with Gasteiger partial charge in [0, 0.05) is 31.1 Å². The molecule has 1 aliphatic carbocycles.